The molecule has 3 nitrogen and oxygen atoms in total. The summed E-state index contributed by atoms with van der Waals surface area (Å²) >= 11 is 7.87. The molecule has 1 heterocycles. The number of thioether (sulfide) groups is 1. The molecule has 21 heavy (non-hydrogen) atoms. The van der Waals surface area contributed by atoms with Crippen LogP contribution in [0.15, 0.2) is 47.6 Å². The topological polar surface area (TPSA) is 39.2 Å². The number of H-pyrrole nitrogens is 2. The van der Waals surface area contributed by atoms with E-state index >= 15 is 0 Å². The number of hydrogen-bond acceptors (Lipinski definition) is 2. The van der Waals surface area contributed by atoms with Gasteiger partial charge in [-0.15, -0.1) is 0 Å². The molecule has 0 fully saturated rings. The second-order valence-corrected chi connectivity index (χ2v) is 5.99. The molecule has 0 bridgehead atoms. The van der Waals surface area contributed by atoms with Crippen molar-refractivity contribution in [2.75, 3.05) is 6.61 Å². The molecule has 0 atom stereocenters. The number of rotatable bonds is 5. The summed E-state index contributed by atoms with van der Waals surface area (Å²) in [5, 5.41) is 1.82. The fourth-order valence-corrected chi connectivity index (χ4v) is 3.30. The SMILES string of the molecule is CCOc1ccc2[nH+]c(SCc3ccccc3Cl)[nH]c2c1. The van der Waals surface area contributed by atoms with Crippen molar-refractivity contribution in [3.05, 3.63) is 53.1 Å². The van der Waals surface area contributed by atoms with E-state index in [1.807, 2.05) is 49.4 Å². The molecule has 0 saturated heterocycles. The quantitative estimate of drug-likeness (QED) is 0.711. The van der Waals surface area contributed by atoms with Gasteiger partial charge in [0, 0.05) is 16.8 Å². The maximum absolute atomic E-state index is 6.17. The normalized spacial score (nSPS) is 11.0. The Hall–Kier alpha value is -1.65. The summed E-state index contributed by atoms with van der Waals surface area (Å²) in [6.07, 6.45) is 0. The van der Waals surface area contributed by atoms with Crippen LogP contribution in [0.2, 0.25) is 5.02 Å². The highest BCUT2D eigenvalue weighted by Crippen LogP contribution is 2.25. The molecule has 2 N–H and O–H groups in total. The Bertz CT molecular complexity index is 757. The van der Waals surface area contributed by atoms with Crippen molar-refractivity contribution < 1.29 is 9.72 Å². The van der Waals surface area contributed by atoms with Gasteiger partial charge in [0.25, 0.3) is 0 Å². The molecule has 108 valence electrons. The molecule has 2 aromatic carbocycles. The number of aromatic nitrogens is 2. The first-order valence-electron chi connectivity index (χ1n) is 6.80. The summed E-state index contributed by atoms with van der Waals surface area (Å²) in [6.45, 7) is 2.65. The van der Waals surface area contributed by atoms with Gasteiger partial charge in [-0.3, -0.25) is 0 Å². The molecule has 1 aromatic heterocycles. The van der Waals surface area contributed by atoms with Crippen LogP contribution in [0.3, 0.4) is 0 Å². The van der Waals surface area contributed by atoms with E-state index in [9.17, 15) is 0 Å². The molecule has 0 aliphatic heterocycles. The first-order chi connectivity index (χ1) is 10.3. The van der Waals surface area contributed by atoms with Crippen molar-refractivity contribution in [1.82, 2.24) is 4.98 Å². The molecule has 0 saturated carbocycles. The van der Waals surface area contributed by atoms with Crippen LogP contribution < -0.4 is 9.72 Å². The Kier molecular flexibility index (Phi) is 4.36. The summed E-state index contributed by atoms with van der Waals surface area (Å²) in [4.78, 5) is 6.73. The molecule has 0 radical (unpaired) electrons. The van der Waals surface area contributed by atoms with Crippen molar-refractivity contribution in [3.8, 4) is 5.75 Å². The maximum atomic E-state index is 6.17. The predicted molar refractivity (Wildman–Crippen MR) is 87.0 cm³/mol. The zero-order valence-electron chi connectivity index (χ0n) is 11.7. The van der Waals surface area contributed by atoms with E-state index in [1.54, 1.807) is 11.8 Å². The lowest BCUT2D eigenvalue weighted by Gasteiger charge is -1.99. The van der Waals surface area contributed by atoms with Gasteiger partial charge in [-0.1, -0.05) is 29.8 Å². The number of aromatic amines is 2. The fourth-order valence-electron chi connectivity index (χ4n) is 2.11. The molecular formula is C16H16ClN2OS+. The van der Waals surface area contributed by atoms with Crippen LogP contribution >= 0.6 is 23.4 Å². The van der Waals surface area contributed by atoms with E-state index in [4.69, 9.17) is 16.3 Å². The van der Waals surface area contributed by atoms with Crippen LogP contribution in [-0.4, -0.2) is 11.6 Å². The molecule has 0 spiro atoms. The van der Waals surface area contributed by atoms with E-state index in [-0.39, 0.29) is 0 Å². The standard InChI is InChI=1S/C16H15ClN2OS/c1-2-20-12-7-8-14-15(9-12)19-16(18-14)21-10-11-5-3-4-6-13(11)17/h3-9H,2,10H2,1H3,(H,18,19)/p+1. The Morgan fingerprint density at radius 2 is 2.10 bits per heavy atom. The fraction of sp³-hybridized carbons (Fsp3) is 0.188. The van der Waals surface area contributed by atoms with E-state index < -0.39 is 0 Å². The average molecular weight is 320 g/mol. The van der Waals surface area contributed by atoms with Crippen LogP contribution in [-0.2, 0) is 5.75 Å². The van der Waals surface area contributed by atoms with Crippen LogP contribution in [0, 0.1) is 0 Å². The second-order valence-electron chi connectivity index (χ2n) is 4.60. The van der Waals surface area contributed by atoms with Crippen LogP contribution in [0.5, 0.6) is 5.75 Å². The summed E-state index contributed by atoms with van der Waals surface area (Å²) in [6, 6.07) is 13.9. The van der Waals surface area contributed by atoms with E-state index in [1.165, 1.54) is 0 Å². The number of hydrogen-bond donors (Lipinski definition) is 1. The minimum absolute atomic E-state index is 0.671. The highest BCUT2D eigenvalue weighted by Gasteiger charge is 2.12. The molecule has 0 amide bonds. The van der Waals surface area contributed by atoms with Gasteiger partial charge >= 0.3 is 5.16 Å². The van der Waals surface area contributed by atoms with Crippen LogP contribution in [0.25, 0.3) is 11.0 Å². The molecule has 3 rings (SSSR count). The molecular weight excluding hydrogens is 304 g/mol. The van der Waals surface area contributed by atoms with Crippen molar-refractivity contribution in [2.24, 2.45) is 0 Å². The van der Waals surface area contributed by atoms with Crippen molar-refractivity contribution in [3.63, 3.8) is 0 Å². The maximum Gasteiger partial charge on any atom is 0.314 e. The highest BCUT2D eigenvalue weighted by molar-refractivity contribution is 7.98. The van der Waals surface area contributed by atoms with Crippen LogP contribution in [0.1, 0.15) is 12.5 Å². The minimum atomic E-state index is 0.671. The van der Waals surface area contributed by atoms with Crippen molar-refractivity contribution in [2.45, 2.75) is 17.8 Å². The number of halogens is 1. The predicted octanol–water partition coefficient (Wildman–Crippen LogP) is 4.33. The second kappa shape index (κ2) is 6.41. The van der Waals surface area contributed by atoms with Gasteiger partial charge in [0.2, 0.25) is 0 Å². The molecule has 5 heteroatoms. The minimum Gasteiger partial charge on any atom is -0.494 e. The third-order valence-electron chi connectivity index (χ3n) is 3.13. The van der Waals surface area contributed by atoms with E-state index in [0.29, 0.717) is 6.61 Å². The molecule has 0 unspecified atom stereocenters. The molecule has 0 aliphatic carbocycles. The lowest BCUT2D eigenvalue weighted by atomic mass is 10.2. The van der Waals surface area contributed by atoms with Crippen LogP contribution in [0.4, 0.5) is 0 Å². The number of benzene rings is 2. The summed E-state index contributed by atoms with van der Waals surface area (Å²) in [7, 11) is 0. The van der Waals surface area contributed by atoms with Gasteiger partial charge in [0.05, 0.1) is 6.61 Å². The largest absolute Gasteiger partial charge is 0.494 e. The first-order valence-corrected chi connectivity index (χ1v) is 8.16. The van der Waals surface area contributed by atoms with Gasteiger partial charge in [-0.2, -0.15) is 0 Å². The number of ether oxygens (including phenoxy) is 1. The summed E-state index contributed by atoms with van der Waals surface area (Å²) in [5.41, 5.74) is 3.24. The zero-order valence-corrected chi connectivity index (χ0v) is 13.2. The number of nitrogens with one attached hydrogen (secondary N) is 2. The molecule has 0 aliphatic rings. The molecule has 3 aromatic rings. The zero-order chi connectivity index (χ0) is 14.7. The van der Waals surface area contributed by atoms with Crippen molar-refractivity contribution in [1.29, 1.82) is 0 Å². The number of fused-ring (bicyclic) bond motifs is 1. The average Bonchev–Trinajstić information content (AvgIpc) is 2.89. The van der Waals surface area contributed by atoms with Gasteiger partial charge in [-0.05, 0) is 42.4 Å². The van der Waals surface area contributed by atoms with E-state index in [0.717, 1.165) is 38.3 Å². The lowest BCUT2D eigenvalue weighted by molar-refractivity contribution is -0.396. The Balaban J connectivity index is 1.77. The van der Waals surface area contributed by atoms with Crippen molar-refractivity contribution >= 4 is 34.4 Å². The van der Waals surface area contributed by atoms with Gasteiger partial charge in [0.1, 0.15) is 5.75 Å². The smallest absolute Gasteiger partial charge is 0.314 e. The first kappa shape index (κ1) is 14.3. The van der Waals surface area contributed by atoms with E-state index in [2.05, 4.69) is 9.97 Å². The number of imidazole rings is 1. The lowest BCUT2D eigenvalue weighted by Crippen LogP contribution is -2.01. The monoisotopic (exact) mass is 319 g/mol. The third-order valence-corrected chi connectivity index (χ3v) is 4.45. The highest BCUT2D eigenvalue weighted by atomic mass is 35.5. The third kappa shape index (κ3) is 3.34. The van der Waals surface area contributed by atoms with Gasteiger partial charge in [0.15, 0.2) is 11.0 Å². The summed E-state index contributed by atoms with van der Waals surface area (Å²) in [5.74, 6) is 1.70. The Morgan fingerprint density at radius 3 is 2.90 bits per heavy atom. The van der Waals surface area contributed by atoms with Gasteiger partial charge in [-0.25, -0.2) is 9.97 Å². The Morgan fingerprint density at radius 1 is 1.24 bits per heavy atom. The summed E-state index contributed by atoms with van der Waals surface area (Å²) < 4.78 is 5.51. The van der Waals surface area contributed by atoms with Gasteiger partial charge < -0.3 is 4.74 Å². The Labute approximate surface area is 132 Å².